The van der Waals surface area contributed by atoms with Crippen LogP contribution in [0.5, 0.6) is 0 Å². The molecule has 1 fully saturated rings. The summed E-state index contributed by atoms with van der Waals surface area (Å²) < 4.78 is 57.2. The molecule has 1 saturated heterocycles. The molecule has 6 rings (SSSR count). The van der Waals surface area contributed by atoms with Gasteiger partial charge in [0, 0.05) is 44.0 Å². The summed E-state index contributed by atoms with van der Waals surface area (Å²) in [5.74, 6) is -2.27. The average molecular weight is 638 g/mol. The van der Waals surface area contributed by atoms with Crippen LogP contribution in [0.3, 0.4) is 0 Å². The van der Waals surface area contributed by atoms with Crippen LogP contribution in [0.4, 0.5) is 19.0 Å². The number of hydrogen-bond acceptors (Lipinski definition) is 7. The maximum atomic E-state index is 14.1. The minimum absolute atomic E-state index is 0.00330. The fourth-order valence-electron chi connectivity index (χ4n) is 6.40. The number of nitrogens with zero attached hydrogens (tertiary/aromatic N) is 7. The molecule has 4 aromatic rings. The first-order valence-corrected chi connectivity index (χ1v) is 15.6. The highest BCUT2D eigenvalue weighted by molar-refractivity contribution is 7.82. The lowest BCUT2D eigenvalue weighted by atomic mass is 9.85. The molecular formula is C31H30F3N7O3S. The molecule has 0 bridgehead atoms. The Hall–Kier alpha value is -4.35. The zero-order valence-corrected chi connectivity index (χ0v) is 25.4. The normalized spacial score (nSPS) is 19.4. The van der Waals surface area contributed by atoms with E-state index >= 15 is 0 Å². The number of aliphatic carboxylic acids is 1. The van der Waals surface area contributed by atoms with Gasteiger partial charge in [-0.15, -0.1) is 10.2 Å². The third kappa shape index (κ3) is 5.78. The van der Waals surface area contributed by atoms with Crippen LogP contribution in [-0.2, 0) is 28.5 Å². The first-order chi connectivity index (χ1) is 21.5. The Morgan fingerprint density at radius 3 is 2.73 bits per heavy atom. The third-order valence-corrected chi connectivity index (χ3v) is 10.1. The highest BCUT2D eigenvalue weighted by Crippen LogP contribution is 2.37. The number of fused-ring (bicyclic) bond motifs is 4. The SMILES string of the molecule is Cc1ccc(C(CC(=O)O)c2ccn3c(C(F)(F)F)nnc3c2C)cc1CN1CC2CCCCN2c2ncc(C#N)cc2S1=O. The lowest BCUT2D eigenvalue weighted by Gasteiger charge is -2.36. The van der Waals surface area contributed by atoms with Crippen molar-refractivity contribution < 1.29 is 27.3 Å². The van der Waals surface area contributed by atoms with Gasteiger partial charge in [-0.3, -0.25) is 9.20 Å². The number of carboxylic acids is 1. The van der Waals surface area contributed by atoms with Crippen molar-refractivity contribution >= 4 is 28.4 Å². The second kappa shape index (κ2) is 11.9. The summed E-state index contributed by atoms with van der Waals surface area (Å²) in [7, 11) is -1.62. The molecule has 3 atom stereocenters. The summed E-state index contributed by atoms with van der Waals surface area (Å²) in [6.45, 7) is 5.13. The summed E-state index contributed by atoms with van der Waals surface area (Å²) in [6.07, 6.45) is 0.677. The lowest BCUT2D eigenvalue weighted by Crippen LogP contribution is -2.45. The standard InChI is InChI=1S/C31H30F3N7O3S/c1-18-6-7-21(25(13-27(42)43)24-8-10-41-28(19(24)2)37-38-30(41)31(32,33)34)12-22(18)16-39-17-23-5-3-4-9-40(23)29-26(45(39)44)11-20(14-35)15-36-29/h6-8,10-12,15,23,25H,3-5,9,13,16-17H2,1-2H3,(H,42,43). The fraction of sp³-hybridized carbons (Fsp3) is 0.387. The number of rotatable bonds is 6. The quantitative estimate of drug-likeness (QED) is 0.308. The maximum Gasteiger partial charge on any atom is 0.452 e. The van der Waals surface area contributed by atoms with E-state index in [1.807, 2.05) is 29.4 Å². The van der Waals surface area contributed by atoms with Crippen LogP contribution < -0.4 is 4.90 Å². The van der Waals surface area contributed by atoms with Crippen molar-refractivity contribution in [3.05, 3.63) is 81.9 Å². The number of aromatic nitrogens is 4. The molecule has 14 heteroatoms. The van der Waals surface area contributed by atoms with Gasteiger partial charge < -0.3 is 10.0 Å². The molecule has 10 nitrogen and oxygen atoms in total. The summed E-state index contributed by atoms with van der Waals surface area (Å²) in [4.78, 5) is 19.3. The average Bonchev–Trinajstić information content (AvgIpc) is 3.42. The molecule has 234 valence electrons. The van der Waals surface area contributed by atoms with Gasteiger partial charge in [0.1, 0.15) is 22.9 Å². The Kier molecular flexibility index (Phi) is 8.09. The zero-order valence-electron chi connectivity index (χ0n) is 24.6. The van der Waals surface area contributed by atoms with E-state index in [9.17, 15) is 32.5 Å². The van der Waals surface area contributed by atoms with E-state index in [0.29, 0.717) is 46.1 Å². The van der Waals surface area contributed by atoms with Gasteiger partial charge >= 0.3 is 12.1 Å². The Bertz CT molecular complexity index is 1870. The second-order valence-corrected chi connectivity index (χ2v) is 13.0. The Morgan fingerprint density at radius 1 is 1.20 bits per heavy atom. The number of aryl methyl sites for hydroxylation is 2. The second-order valence-electron chi connectivity index (χ2n) is 11.5. The van der Waals surface area contributed by atoms with Crippen LogP contribution in [0, 0.1) is 25.2 Å². The largest absolute Gasteiger partial charge is 0.481 e. The highest BCUT2D eigenvalue weighted by Gasteiger charge is 2.38. The topological polar surface area (TPSA) is 128 Å². The van der Waals surface area contributed by atoms with Crippen molar-refractivity contribution in [1.29, 1.82) is 5.26 Å². The summed E-state index contributed by atoms with van der Waals surface area (Å²) in [5, 5.41) is 26.5. The van der Waals surface area contributed by atoms with Crippen LogP contribution in [0.15, 0.2) is 47.6 Å². The van der Waals surface area contributed by atoms with Crippen molar-refractivity contribution in [1.82, 2.24) is 23.9 Å². The van der Waals surface area contributed by atoms with Crippen LogP contribution in [0.25, 0.3) is 5.65 Å². The summed E-state index contributed by atoms with van der Waals surface area (Å²) in [6, 6.07) is 10.9. The van der Waals surface area contributed by atoms with Gasteiger partial charge in [-0.1, -0.05) is 18.2 Å². The van der Waals surface area contributed by atoms with Crippen molar-refractivity contribution in [2.24, 2.45) is 0 Å². The number of piperidine rings is 1. The molecule has 5 heterocycles. The van der Waals surface area contributed by atoms with Crippen molar-refractivity contribution in [2.75, 3.05) is 18.0 Å². The smallest absolute Gasteiger partial charge is 0.452 e. The predicted octanol–water partition coefficient (Wildman–Crippen LogP) is 5.14. The van der Waals surface area contributed by atoms with Crippen LogP contribution in [0.1, 0.15) is 70.8 Å². The number of carbonyl (C=O) groups is 1. The van der Waals surface area contributed by atoms with Gasteiger partial charge in [0.05, 0.1) is 16.9 Å². The molecule has 0 amide bonds. The van der Waals surface area contributed by atoms with E-state index in [1.165, 1.54) is 18.5 Å². The van der Waals surface area contributed by atoms with Gasteiger partial charge in [-0.05, 0) is 73.1 Å². The predicted molar refractivity (Wildman–Crippen MR) is 159 cm³/mol. The number of nitriles is 1. The molecular weight excluding hydrogens is 607 g/mol. The van der Waals surface area contributed by atoms with E-state index in [2.05, 4.69) is 26.2 Å². The van der Waals surface area contributed by atoms with E-state index in [1.54, 1.807) is 13.0 Å². The maximum absolute atomic E-state index is 14.1. The lowest BCUT2D eigenvalue weighted by molar-refractivity contribution is -0.145. The van der Waals surface area contributed by atoms with Crippen molar-refractivity contribution in [3.8, 4) is 6.07 Å². The van der Waals surface area contributed by atoms with Crippen LogP contribution >= 0.6 is 0 Å². The first kappa shape index (κ1) is 30.7. The van der Waals surface area contributed by atoms with Gasteiger partial charge in [-0.25, -0.2) is 13.5 Å². The number of halogens is 3. The minimum atomic E-state index is -4.70. The molecule has 1 aromatic carbocycles. The molecule has 1 N–H and O–H groups in total. The van der Waals surface area contributed by atoms with E-state index in [-0.39, 0.29) is 18.1 Å². The van der Waals surface area contributed by atoms with E-state index in [0.717, 1.165) is 41.3 Å². The van der Waals surface area contributed by atoms with Crippen LogP contribution in [0.2, 0.25) is 0 Å². The molecule has 2 aliphatic heterocycles. The van der Waals surface area contributed by atoms with Crippen LogP contribution in [-0.4, -0.2) is 58.3 Å². The third-order valence-electron chi connectivity index (χ3n) is 8.70. The van der Waals surface area contributed by atoms with Crippen molar-refractivity contribution in [3.63, 3.8) is 0 Å². The first-order valence-electron chi connectivity index (χ1n) is 14.5. The molecule has 2 aliphatic rings. The molecule has 0 saturated carbocycles. The number of alkyl halides is 3. The number of hydrogen-bond donors (Lipinski definition) is 1. The van der Waals surface area contributed by atoms with Gasteiger partial charge in [-0.2, -0.15) is 18.4 Å². The molecule has 0 aliphatic carbocycles. The van der Waals surface area contributed by atoms with Gasteiger partial charge in [0.25, 0.3) is 0 Å². The Balaban J connectivity index is 1.38. The molecule has 0 radical (unpaired) electrons. The molecule has 0 spiro atoms. The number of carboxylic acid groups (broad SMARTS) is 1. The van der Waals surface area contributed by atoms with Gasteiger partial charge in [0.15, 0.2) is 5.65 Å². The molecule has 3 unspecified atom stereocenters. The number of anilines is 1. The van der Waals surface area contributed by atoms with Gasteiger partial charge in [0.2, 0.25) is 5.82 Å². The molecule has 45 heavy (non-hydrogen) atoms. The molecule has 3 aromatic heterocycles. The minimum Gasteiger partial charge on any atom is -0.481 e. The monoisotopic (exact) mass is 637 g/mol. The number of pyridine rings is 2. The Labute approximate surface area is 259 Å². The van der Waals surface area contributed by atoms with Crippen molar-refractivity contribution in [2.45, 2.75) is 69.1 Å². The Morgan fingerprint density at radius 2 is 2.00 bits per heavy atom. The highest BCUT2D eigenvalue weighted by atomic mass is 32.2. The summed E-state index contributed by atoms with van der Waals surface area (Å²) >= 11 is 0. The number of benzene rings is 1. The van der Waals surface area contributed by atoms with E-state index < -0.39 is 34.9 Å². The summed E-state index contributed by atoms with van der Waals surface area (Å²) in [5.41, 5.74) is 3.68. The van der Waals surface area contributed by atoms with E-state index in [4.69, 9.17) is 0 Å². The zero-order chi connectivity index (χ0) is 32.0. The fourth-order valence-corrected chi connectivity index (χ4v) is 7.79.